The van der Waals surface area contributed by atoms with E-state index in [4.69, 9.17) is 17.9 Å². The first kappa shape index (κ1) is 36.6. The van der Waals surface area contributed by atoms with Gasteiger partial charge in [0.1, 0.15) is 0 Å². The van der Waals surface area contributed by atoms with Gasteiger partial charge in [-0.3, -0.25) is 0 Å². The summed E-state index contributed by atoms with van der Waals surface area (Å²) in [6.45, 7) is 1.16. The Hall–Kier alpha value is -8.25. The number of hydrogen-bond donors (Lipinski definition) is 0. The van der Waals surface area contributed by atoms with Crippen molar-refractivity contribution in [2.75, 3.05) is 9.62 Å². The van der Waals surface area contributed by atoms with Crippen LogP contribution in [0.3, 0.4) is 0 Å². The van der Waals surface area contributed by atoms with Crippen LogP contribution < -0.4 is 19.8 Å². The molecule has 0 saturated carbocycles. The van der Waals surface area contributed by atoms with Gasteiger partial charge in [0, 0.05) is 15.4 Å². The molecular formula is C66H50BN5OPt-2. The van der Waals surface area contributed by atoms with Gasteiger partial charge < -0.3 is 0 Å². The Balaban J connectivity index is 0.961. The average molecular weight is 1140 g/mol. The zero-order chi connectivity index (χ0) is 57.9. The summed E-state index contributed by atoms with van der Waals surface area (Å²) in [4.78, 5) is 9.44. The molecular weight excluding hydrogens is 1080 g/mol. The fourth-order valence-electron chi connectivity index (χ4n) is 10.5. The summed E-state index contributed by atoms with van der Waals surface area (Å²) < 4.78 is 91.4. The minimum atomic E-state index is -2.47. The topological polar surface area (TPSA) is 38.5 Å². The van der Waals surface area contributed by atoms with Crippen LogP contribution in [0.1, 0.15) is 49.8 Å². The number of rotatable bonds is 8. The van der Waals surface area contributed by atoms with Crippen molar-refractivity contribution in [3.8, 4) is 67.5 Å². The van der Waals surface area contributed by atoms with Gasteiger partial charge in [-0.15, -0.1) is 6.07 Å². The van der Waals surface area contributed by atoms with Crippen LogP contribution in [0.25, 0.3) is 66.9 Å². The van der Waals surface area contributed by atoms with Crippen molar-refractivity contribution in [1.29, 1.82) is 0 Å². The van der Waals surface area contributed by atoms with Gasteiger partial charge in [0.25, 0.3) is 0 Å². The Morgan fingerprint density at radius 2 is 1.35 bits per heavy atom. The molecule has 8 heteroatoms. The minimum absolute atomic E-state index is 0.0835. The van der Waals surface area contributed by atoms with Gasteiger partial charge in [-0.25, -0.2) is 0 Å². The summed E-state index contributed by atoms with van der Waals surface area (Å²) >= 11 is 2.27. The number of hydrogen-bond acceptors (Lipinski definition) is 4. The second-order valence-corrected chi connectivity index (χ2v) is 20.5. The number of aryl methyl sites for hydroxylation is 2. The molecule has 2 aliphatic rings. The van der Waals surface area contributed by atoms with E-state index in [1.807, 2.05) is 149 Å². The van der Waals surface area contributed by atoms with E-state index in [1.165, 1.54) is 0 Å². The van der Waals surface area contributed by atoms with Crippen LogP contribution in [0.15, 0.2) is 212 Å². The monoisotopic (exact) mass is 1140 g/mol. The molecule has 360 valence electrons. The SMILES string of the molecule is [2H]c1c([2H])c(-c2cccc(C([2H])([2H])[2H])c2)c(-n2[c](=[Pt])n(-c3[c-]c(Oc4cccc(N5B6c7ccccc7-c7c(cccc7C([2H])([2H])[2H])N6c6ccc[c-]c65)n4)ccc3)c3ccccc32)c(-c2cc(-c3ccccc3)cc(C(C)(C)C)c2)c1[2H]. The van der Waals surface area contributed by atoms with Crippen molar-refractivity contribution in [3.05, 3.63) is 245 Å². The molecule has 0 bridgehead atoms. The number of benzene rings is 9. The van der Waals surface area contributed by atoms with Crippen molar-refractivity contribution in [2.24, 2.45) is 0 Å². The molecule has 2 aromatic heterocycles. The summed E-state index contributed by atoms with van der Waals surface area (Å²) in [5.74, 6) is 1.24. The molecule has 0 fully saturated rings. The van der Waals surface area contributed by atoms with Crippen molar-refractivity contribution >= 4 is 46.4 Å². The van der Waals surface area contributed by atoms with Crippen LogP contribution in [0.4, 0.5) is 22.9 Å². The fourth-order valence-corrected chi connectivity index (χ4v) is 11.6. The van der Waals surface area contributed by atoms with Crippen LogP contribution in [0.5, 0.6) is 11.6 Å². The van der Waals surface area contributed by atoms with Gasteiger partial charge in [-0.2, -0.15) is 12.1 Å². The maximum atomic E-state index is 9.92. The number of nitrogens with zero attached hydrogens (tertiary/aromatic N) is 5. The molecule has 0 unspecified atom stereocenters. The molecule has 0 aliphatic carbocycles. The molecule has 4 heterocycles. The van der Waals surface area contributed by atoms with Crippen molar-refractivity contribution < 1.29 is 36.4 Å². The van der Waals surface area contributed by atoms with Crippen molar-refractivity contribution in [2.45, 2.75) is 39.9 Å². The van der Waals surface area contributed by atoms with Gasteiger partial charge in [0.05, 0.1) is 0 Å². The molecule has 0 radical (unpaired) electrons. The Morgan fingerprint density at radius 1 is 0.622 bits per heavy atom. The van der Waals surface area contributed by atoms with Gasteiger partial charge >= 0.3 is 365 Å². The van der Waals surface area contributed by atoms with E-state index < -0.39 is 20.7 Å². The van der Waals surface area contributed by atoms with E-state index in [0.29, 0.717) is 66.0 Å². The fraction of sp³-hybridized carbons (Fsp3) is 0.0909. The number of pyridine rings is 1. The predicted molar refractivity (Wildman–Crippen MR) is 300 cm³/mol. The van der Waals surface area contributed by atoms with Crippen molar-refractivity contribution in [3.63, 3.8) is 0 Å². The summed E-state index contributed by atoms with van der Waals surface area (Å²) in [5.41, 5.74) is 12.0. The zero-order valence-corrected chi connectivity index (χ0v) is 42.8. The van der Waals surface area contributed by atoms with E-state index in [9.17, 15) is 4.11 Å². The Morgan fingerprint density at radius 3 is 2.19 bits per heavy atom. The Bertz CT molecular complexity index is 4490. The number of aromatic nitrogens is 3. The standard InChI is InChI=1S/C66H50BN5O.Pt/c1-44-20-15-24-47(38-44)53-28-18-29-54(49-39-48(46-22-7-6-8-23-46)40-50(41-49)66(3,4)5)65(53)70-43-69(57-31-11-12-32-58(57)70)51-25-17-26-52(42-51)73-63-37-19-36-62(68-63)72-60-34-14-13-33-59(60)71-61-35-16-21-45(2)64(61)55-27-9-10-30-56(55)67(71)72;/h6-33,35-41H,1-5H3;/q-2;/i1D3,2D3,18D,28D,29D;. The summed E-state index contributed by atoms with van der Waals surface area (Å²) in [6.07, 6.45) is 0. The first-order valence-electron chi connectivity index (χ1n) is 28.9. The van der Waals surface area contributed by atoms with Crippen LogP contribution >= 0.6 is 0 Å². The molecule has 6 nitrogen and oxygen atoms in total. The summed E-state index contributed by atoms with van der Waals surface area (Å²) in [5, 5.41) is 0. The van der Waals surface area contributed by atoms with E-state index in [2.05, 4.69) is 74.0 Å². The van der Waals surface area contributed by atoms with Crippen LogP contribution in [-0.2, 0) is 24.8 Å². The van der Waals surface area contributed by atoms with Crippen LogP contribution in [0, 0.1) is 29.6 Å². The van der Waals surface area contributed by atoms with Crippen molar-refractivity contribution in [1.82, 2.24) is 14.1 Å². The predicted octanol–water partition coefficient (Wildman–Crippen LogP) is 15.9. The number of anilines is 4. The van der Waals surface area contributed by atoms with E-state index in [0.717, 1.165) is 50.3 Å². The number of ether oxygens (including phenoxy) is 1. The number of para-hydroxylation sites is 4. The number of imidazole rings is 1. The molecule has 0 atom stereocenters. The molecule has 11 aromatic rings. The second kappa shape index (κ2) is 18.0. The average Bonchev–Trinajstić information content (AvgIpc) is 2.33. The maximum absolute atomic E-state index is 9.92. The molecule has 74 heavy (non-hydrogen) atoms. The van der Waals surface area contributed by atoms with E-state index >= 15 is 0 Å². The first-order valence-corrected chi connectivity index (χ1v) is 25.5. The normalized spacial score (nSPS) is 14.8. The summed E-state index contributed by atoms with van der Waals surface area (Å²) in [6, 6.07) is 67.5. The summed E-state index contributed by atoms with van der Waals surface area (Å²) in [7, 11) is 0. The number of fused-ring (bicyclic) bond motifs is 9. The van der Waals surface area contributed by atoms with Crippen LogP contribution in [0.2, 0.25) is 0 Å². The zero-order valence-electron chi connectivity index (χ0n) is 49.5. The first-order chi connectivity index (χ1) is 39.8. The Kier molecular flexibility index (Phi) is 8.94. The molecule has 13 rings (SSSR count). The van der Waals surface area contributed by atoms with Gasteiger partial charge in [0.15, 0.2) is 0 Å². The molecule has 9 aromatic carbocycles. The third-order valence-corrected chi connectivity index (χ3v) is 14.9. The second-order valence-electron chi connectivity index (χ2n) is 19.5. The van der Waals surface area contributed by atoms with E-state index in [1.54, 1.807) is 42.5 Å². The van der Waals surface area contributed by atoms with E-state index in [-0.39, 0.29) is 34.7 Å². The Labute approximate surface area is 456 Å². The van der Waals surface area contributed by atoms with Gasteiger partial charge in [-0.05, 0) is 24.0 Å². The van der Waals surface area contributed by atoms with Gasteiger partial charge in [-0.1, -0.05) is 36.4 Å². The molecule has 0 N–H and O–H groups in total. The molecule has 0 saturated heterocycles. The van der Waals surface area contributed by atoms with Crippen LogP contribution in [-0.4, -0.2) is 21.1 Å². The third-order valence-electron chi connectivity index (χ3n) is 13.9. The molecule has 0 amide bonds. The molecule has 0 spiro atoms. The molecule has 2 aliphatic heterocycles. The van der Waals surface area contributed by atoms with Gasteiger partial charge in [0.2, 0.25) is 0 Å². The quantitative estimate of drug-likeness (QED) is 0.112. The third kappa shape index (κ3) is 7.68.